The fourth-order valence-corrected chi connectivity index (χ4v) is 3.77. The lowest BCUT2D eigenvalue weighted by atomic mass is 10.0. The Kier molecular flexibility index (Phi) is 8.09. The van der Waals surface area contributed by atoms with Crippen LogP contribution in [0.3, 0.4) is 0 Å². The van der Waals surface area contributed by atoms with E-state index in [2.05, 4.69) is 32.4 Å². The molecule has 7 nitrogen and oxygen atoms in total. The summed E-state index contributed by atoms with van der Waals surface area (Å²) in [6.07, 6.45) is 0. The van der Waals surface area contributed by atoms with Gasteiger partial charge in [-0.25, -0.2) is 0 Å². The van der Waals surface area contributed by atoms with Crippen LogP contribution in [0, 0.1) is 32.6 Å². The van der Waals surface area contributed by atoms with Crippen LogP contribution in [0.1, 0.15) is 45.2 Å². The van der Waals surface area contributed by atoms with Crippen LogP contribution in [0.25, 0.3) is 0 Å². The van der Waals surface area contributed by atoms with Crippen molar-refractivity contribution >= 4 is 11.6 Å². The van der Waals surface area contributed by atoms with Crippen molar-refractivity contribution in [2.75, 3.05) is 44.7 Å². The van der Waals surface area contributed by atoms with Gasteiger partial charge in [-0.15, -0.1) is 0 Å². The number of aromatic nitrogens is 1. The lowest BCUT2D eigenvalue weighted by molar-refractivity contribution is 0.0443. The number of benzene rings is 1. The molecule has 1 aliphatic heterocycles. The number of amides is 1. The molecule has 1 amide bonds. The molecule has 3 rings (SSSR count). The van der Waals surface area contributed by atoms with Crippen LogP contribution in [0.2, 0.25) is 0 Å². The predicted octanol–water partition coefficient (Wildman–Crippen LogP) is 2.35. The first-order valence-corrected chi connectivity index (χ1v) is 11.0. The van der Waals surface area contributed by atoms with Crippen LogP contribution >= 0.6 is 0 Å². The molecule has 0 spiro atoms. The highest BCUT2D eigenvalue weighted by molar-refractivity contribution is 5.97. The standard InChI is InChI=1S/C25H32N4O3/c1-5-26-23-15-20(7-6-8-29-9-11-32-12-10-29)14-21(19(23)4)24(30)27-16-22-17(2)13-18(3)28-25(22)31/h13-15,26H,5,8-12,16H2,1-4H3,(H,27,30)(H,28,31). The molecule has 1 fully saturated rings. The number of hydrogen-bond acceptors (Lipinski definition) is 5. The Labute approximate surface area is 189 Å². The molecule has 1 saturated heterocycles. The van der Waals surface area contributed by atoms with Gasteiger partial charge in [-0.2, -0.15) is 0 Å². The average Bonchev–Trinajstić information content (AvgIpc) is 2.75. The zero-order chi connectivity index (χ0) is 23.1. The monoisotopic (exact) mass is 436 g/mol. The molecule has 0 bridgehead atoms. The number of anilines is 1. The van der Waals surface area contributed by atoms with Crippen LogP contribution in [-0.2, 0) is 11.3 Å². The first-order valence-electron chi connectivity index (χ1n) is 11.0. The summed E-state index contributed by atoms with van der Waals surface area (Å²) in [5, 5.41) is 6.22. The Hall–Kier alpha value is -3.08. The average molecular weight is 437 g/mol. The Balaban J connectivity index is 1.80. The predicted molar refractivity (Wildman–Crippen MR) is 127 cm³/mol. The number of aryl methyl sites for hydroxylation is 2. The second kappa shape index (κ2) is 11.0. The Bertz CT molecular complexity index is 1090. The van der Waals surface area contributed by atoms with Gasteiger partial charge in [0, 0.05) is 54.3 Å². The maximum atomic E-state index is 13.0. The maximum Gasteiger partial charge on any atom is 0.253 e. The third-order valence-corrected chi connectivity index (χ3v) is 5.58. The van der Waals surface area contributed by atoms with Crippen molar-refractivity contribution < 1.29 is 9.53 Å². The molecular formula is C25H32N4O3. The number of nitrogens with one attached hydrogen (secondary N) is 3. The van der Waals surface area contributed by atoms with Crippen molar-refractivity contribution in [3.05, 3.63) is 62.1 Å². The topological polar surface area (TPSA) is 86.5 Å². The number of ether oxygens (including phenoxy) is 1. The number of nitrogens with zero attached hydrogens (tertiary/aromatic N) is 1. The minimum Gasteiger partial charge on any atom is -0.385 e. The zero-order valence-electron chi connectivity index (χ0n) is 19.4. The lowest BCUT2D eigenvalue weighted by Crippen LogP contribution is -2.36. The van der Waals surface area contributed by atoms with Gasteiger partial charge in [0.05, 0.1) is 19.8 Å². The van der Waals surface area contributed by atoms with Crippen LogP contribution in [-0.4, -0.2) is 55.2 Å². The normalized spacial score (nSPS) is 13.9. The summed E-state index contributed by atoms with van der Waals surface area (Å²) in [6, 6.07) is 5.71. The second-order valence-electron chi connectivity index (χ2n) is 8.04. The van der Waals surface area contributed by atoms with Crippen LogP contribution in [0.15, 0.2) is 23.0 Å². The molecular weight excluding hydrogens is 404 g/mol. The van der Waals surface area contributed by atoms with Crippen LogP contribution < -0.4 is 16.2 Å². The van der Waals surface area contributed by atoms with Gasteiger partial charge in [0.1, 0.15) is 0 Å². The summed E-state index contributed by atoms with van der Waals surface area (Å²) >= 11 is 0. The highest BCUT2D eigenvalue weighted by Crippen LogP contribution is 2.22. The van der Waals surface area contributed by atoms with Gasteiger partial charge in [-0.05, 0) is 57.0 Å². The Morgan fingerprint density at radius 1 is 1.19 bits per heavy atom. The van der Waals surface area contributed by atoms with E-state index in [4.69, 9.17) is 4.74 Å². The van der Waals surface area contributed by atoms with Gasteiger partial charge in [0.2, 0.25) is 0 Å². The fourth-order valence-electron chi connectivity index (χ4n) is 3.77. The highest BCUT2D eigenvalue weighted by Gasteiger charge is 2.15. The van der Waals surface area contributed by atoms with E-state index >= 15 is 0 Å². The molecule has 0 aliphatic carbocycles. The van der Waals surface area contributed by atoms with Crippen molar-refractivity contribution in [3.63, 3.8) is 0 Å². The van der Waals surface area contributed by atoms with Gasteiger partial charge >= 0.3 is 0 Å². The molecule has 170 valence electrons. The van der Waals surface area contributed by atoms with E-state index in [1.807, 2.05) is 45.9 Å². The van der Waals surface area contributed by atoms with Gasteiger partial charge in [-0.3, -0.25) is 14.5 Å². The van der Waals surface area contributed by atoms with Crippen molar-refractivity contribution in [1.82, 2.24) is 15.2 Å². The van der Waals surface area contributed by atoms with Crippen molar-refractivity contribution in [1.29, 1.82) is 0 Å². The molecule has 2 aromatic rings. The number of morpholine rings is 1. The maximum absolute atomic E-state index is 13.0. The molecule has 1 aromatic carbocycles. The number of aromatic amines is 1. The number of pyridine rings is 1. The second-order valence-corrected chi connectivity index (χ2v) is 8.04. The van der Waals surface area contributed by atoms with Gasteiger partial charge < -0.3 is 20.4 Å². The number of carbonyl (C=O) groups is 1. The first-order chi connectivity index (χ1) is 15.4. The largest absolute Gasteiger partial charge is 0.385 e. The summed E-state index contributed by atoms with van der Waals surface area (Å²) in [6.45, 7) is 12.5. The van der Waals surface area contributed by atoms with E-state index in [-0.39, 0.29) is 18.0 Å². The molecule has 0 radical (unpaired) electrons. The molecule has 32 heavy (non-hydrogen) atoms. The summed E-state index contributed by atoms with van der Waals surface area (Å²) in [7, 11) is 0. The van der Waals surface area contributed by atoms with Crippen LogP contribution in [0.5, 0.6) is 0 Å². The van der Waals surface area contributed by atoms with Crippen molar-refractivity contribution in [3.8, 4) is 11.8 Å². The number of rotatable bonds is 6. The summed E-state index contributed by atoms with van der Waals surface area (Å²) in [4.78, 5) is 30.4. The zero-order valence-corrected chi connectivity index (χ0v) is 19.4. The SMILES string of the molecule is CCNc1cc(C#CCN2CCOCC2)cc(C(=O)NCc2c(C)cc(C)[nH]c2=O)c1C. The highest BCUT2D eigenvalue weighted by atomic mass is 16.5. The Morgan fingerprint density at radius 3 is 2.62 bits per heavy atom. The molecule has 0 saturated carbocycles. The van der Waals surface area contributed by atoms with E-state index in [1.165, 1.54) is 0 Å². The fraction of sp³-hybridized carbons (Fsp3) is 0.440. The summed E-state index contributed by atoms with van der Waals surface area (Å²) < 4.78 is 5.37. The number of H-pyrrole nitrogens is 1. The minimum atomic E-state index is -0.224. The molecule has 0 atom stereocenters. The van der Waals surface area contributed by atoms with Crippen molar-refractivity contribution in [2.24, 2.45) is 0 Å². The third kappa shape index (κ3) is 6.00. The van der Waals surface area contributed by atoms with Gasteiger partial charge in [0.25, 0.3) is 11.5 Å². The molecule has 7 heteroatoms. The van der Waals surface area contributed by atoms with Gasteiger partial charge in [-0.1, -0.05) is 11.8 Å². The molecule has 2 heterocycles. The van der Waals surface area contributed by atoms with Crippen molar-refractivity contribution in [2.45, 2.75) is 34.2 Å². The van der Waals surface area contributed by atoms with E-state index in [9.17, 15) is 9.59 Å². The van der Waals surface area contributed by atoms with E-state index in [0.29, 0.717) is 17.7 Å². The molecule has 0 unspecified atom stereocenters. The number of carbonyl (C=O) groups excluding carboxylic acids is 1. The van der Waals surface area contributed by atoms with Gasteiger partial charge in [0.15, 0.2) is 0 Å². The van der Waals surface area contributed by atoms with E-state index in [0.717, 1.165) is 60.9 Å². The third-order valence-electron chi connectivity index (χ3n) is 5.58. The molecule has 1 aliphatic rings. The summed E-state index contributed by atoms with van der Waals surface area (Å²) in [5.41, 5.74) is 5.15. The quantitative estimate of drug-likeness (QED) is 0.605. The lowest BCUT2D eigenvalue weighted by Gasteiger charge is -2.24. The van der Waals surface area contributed by atoms with E-state index < -0.39 is 0 Å². The summed E-state index contributed by atoms with van der Waals surface area (Å²) in [5.74, 6) is 6.20. The molecule has 1 aromatic heterocycles. The van der Waals surface area contributed by atoms with Crippen LogP contribution in [0.4, 0.5) is 5.69 Å². The molecule has 3 N–H and O–H groups in total. The Morgan fingerprint density at radius 2 is 1.94 bits per heavy atom. The minimum absolute atomic E-state index is 0.170. The van der Waals surface area contributed by atoms with E-state index in [1.54, 1.807) is 0 Å². The first kappa shape index (κ1) is 23.6. The number of hydrogen-bond donors (Lipinski definition) is 3. The smallest absolute Gasteiger partial charge is 0.253 e.